The summed E-state index contributed by atoms with van der Waals surface area (Å²) in [4.78, 5) is 14.1. The Bertz CT molecular complexity index is 262. The van der Waals surface area contributed by atoms with Crippen LogP contribution in [0, 0.1) is 5.92 Å². The fourth-order valence-corrected chi connectivity index (χ4v) is 2.68. The van der Waals surface area contributed by atoms with Crippen LogP contribution in [0.25, 0.3) is 0 Å². The molecule has 0 unspecified atom stereocenters. The summed E-state index contributed by atoms with van der Waals surface area (Å²) in [6, 6.07) is 0. The van der Waals surface area contributed by atoms with Gasteiger partial charge in [0, 0.05) is 13.0 Å². The second-order valence-corrected chi connectivity index (χ2v) is 5.44. The normalized spacial score (nSPS) is 16.8. The highest BCUT2D eigenvalue weighted by Crippen LogP contribution is 2.27. The van der Waals surface area contributed by atoms with E-state index in [4.69, 9.17) is 18.0 Å². The molecule has 0 aliphatic heterocycles. The molecule has 17 heavy (non-hydrogen) atoms. The number of nitrogens with zero attached hydrogens (tertiary/aromatic N) is 1. The van der Waals surface area contributed by atoms with Gasteiger partial charge in [0.05, 0.1) is 11.5 Å². The van der Waals surface area contributed by atoms with Gasteiger partial charge in [-0.25, -0.2) is 0 Å². The van der Waals surface area contributed by atoms with E-state index in [1.54, 1.807) is 4.90 Å². The molecule has 3 nitrogen and oxygen atoms in total. The van der Waals surface area contributed by atoms with Crippen LogP contribution in [-0.2, 0) is 4.79 Å². The number of hydrogen-bond donors (Lipinski definition) is 1. The summed E-state index contributed by atoms with van der Waals surface area (Å²) in [6.07, 6.45) is 8.33. The summed E-state index contributed by atoms with van der Waals surface area (Å²) in [5, 5.41) is 0. The number of rotatable bonds is 6. The molecule has 0 spiro atoms. The van der Waals surface area contributed by atoms with Crippen molar-refractivity contribution in [2.75, 3.05) is 13.1 Å². The summed E-state index contributed by atoms with van der Waals surface area (Å²) < 4.78 is 0. The molecule has 1 amide bonds. The highest BCUT2D eigenvalue weighted by molar-refractivity contribution is 7.80. The summed E-state index contributed by atoms with van der Waals surface area (Å²) >= 11 is 4.85. The number of thiocarbonyl (C=S) groups is 1. The molecule has 0 heterocycles. The second kappa shape index (κ2) is 7.64. The Balaban J connectivity index is 2.28. The largest absolute Gasteiger partial charge is 0.392 e. The van der Waals surface area contributed by atoms with Gasteiger partial charge in [-0.15, -0.1) is 0 Å². The molecule has 0 atom stereocenters. The molecule has 1 saturated carbocycles. The number of likely N-dealkylation sites (N-methyl/N-ethyl adjacent to an activating group) is 1. The summed E-state index contributed by atoms with van der Waals surface area (Å²) in [5.74, 6) is 0.960. The van der Waals surface area contributed by atoms with Crippen LogP contribution in [0.5, 0.6) is 0 Å². The van der Waals surface area contributed by atoms with Gasteiger partial charge in [-0.3, -0.25) is 4.79 Å². The van der Waals surface area contributed by atoms with E-state index in [0.717, 1.165) is 12.3 Å². The first-order valence-electron chi connectivity index (χ1n) is 6.69. The van der Waals surface area contributed by atoms with Crippen molar-refractivity contribution < 1.29 is 4.79 Å². The third-order valence-electron chi connectivity index (χ3n) is 3.57. The number of carbonyl (C=O) groups excluding carboxylic acids is 1. The van der Waals surface area contributed by atoms with Crippen LogP contribution in [-0.4, -0.2) is 28.9 Å². The zero-order valence-corrected chi connectivity index (χ0v) is 11.6. The van der Waals surface area contributed by atoms with Crippen LogP contribution in [0.2, 0.25) is 0 Å². The summed E-state index contributed by atoms with van der Waals surface area (Å²) in [5.41, 5.74) is 5.48. The standard InChI is InChI=1S/C13H24N2OS/c1-2-15(10-12(14)17)13(16)9-8-11-6-4-3-5-7-11/h11H,2-10H2,1H3,(H2,14,17). The third kappa shape index (κ3) is 5.48. The molecule has 0 radical (unpaired) electrons. The van der Waals surface area contributed by atoms with Crippen molar-refractivity contribution in [3.63, 3.8) is 0 Å². The first-order chi connectivity index (χ1) is 8.13. The van der Waals surface area contributed by atoms with Crippen LogP contribution in [0.3, 0.4) is 0 Å². The molecule has 0 aromatic carbocycles. The van der Waals surface area contributed by atoms with Crippen LogP contribution in [0.15, 0.2) is 0 Å². The minimum absolute atomic E-state index is 0.200. The van der Waals surface area contributed by atoms with Gasteiger partial charge < -0.3 is 10.6 Å². The van der Waals surface area contributed by atoms with Crippen molar-refractivity contribution in [2.45, 2.75) is 51.9 Å². The molecule has 1 rings (SSSR count). The average Bonchev–Trinajstić information content (AvgIpc) is 2.34. The number of nitrogens with two attached hydrogens (primary N) is 1. The van der Waals surface area contributed by atoms with Crippen molar-refractivity contribution in [3.05, 3.63) is 0 Å². The van der Waals surface area contributed by atoms with E-state index in [9.17, 15) is 4.79 Å². The van der Waals surface area contributed by atoms with Crippen molar-refractivity contribution in [1.82, 2.24) is 4.90 Å². The second-order valence-electron chi connectivity index (χ2n) is 4.92. The van der Waals surface area contributed by atoms with Crippen LogP contribution in [0.1, 0.15) is 51.9 Å². The first kappa shape index (κ1) is 14.4. The van der Waals surface area contributed by atoms with E-state index < -0.39 is 0 Å². The zero-order valence-electron chi connectivity index (χ0n) is 10.8. The Morgan fingerprint density at radius 1 is 1.35 bits per heavy atom. The summed E-state index contributed by atoms with van der Waals surface area (Å²) in [6.45, 7) is 3.09. The lowest BCUT2D eigenvalue weighted by Crippen LogP contribution is -2.37. The smallest absolute Gasteiger partial charge is 0.222 e. The molecule has 0 aromatic heterocycles. The molecular formula is C13H24N2OS. The Morgan fingerprint density at radius 2 is 2.00 bits per heavy atom. The number of hydrogen-bond acceptors (Lipinski definition) is 2. The lowest BCUT2D eigenvalue weighted by atomic mass is 9.86. The fraction of sp³-hybridized carbons (Fsp3) is 0.846. The van der Waals surface area contributed by atoms with Crippen molar-refractivity contribution >= 4 is 23.1 Å². The Kier molecular flexibility index (Phi) is 6.48. The Labute approximate surface area is 110 Å². The predicted molar refractivity (Wildman–Crippen MR) is 74.8 cm³/mol. The number of amides is 1. The summed E-state index contributed by atoms with van der Waals surface area (Å²) in [7, 11) is 0. The zero-order chi connectivity index (χ0) is 12.7. The molecule has 4 heteroatoms. The SMILES string of the molecule is CCN(CC(N)=S)C(=O)CCC1CCCCC1. The van der Waals surface area contributed by atoms with Gasteiger partial charge in [-0.1, -0.05) is 44.3 Å². The topological polar surface area (TPSA) is 46.3 Å². The van der Waals surface area contributed by atoms with Crippen molar-refractivity contribution in [1.29, 1.82) is 0 Å². The lowest BCUT2D eigenvalue weighted by molar-refractivity contribution is -0.130. The van der Waals surface area contributed by atoms with Gasteiger partial charge >= 0.3 is 0 Å². The van der Waals surface area contributed by atoms with Crippen molar-refractivity contribution in [2.24, 2.45) is 11.7 Å². The van der Waals surface area contributed by atoms with E-state index in [-0.39, 0.29) is 5.91 Å². The van der Waals surface area contributed by atoms with Gasteiger partial charge in [-0.2, -0.15) is 0 Å². The lowest BCUT2D eigenvalue weighted by Gasteiger charge is -2.24. The minimum Gasteiger partial charge on any atom is -0.392 e. The molecule has 0 bridgehead atoms. The molecule has 1 aliphatic carbocycles. The van der Waals surface area contributed by atoms with Crippen molar-refractivity contribution in [3.8, 4) is 0 Å². The first-order valence-corrected chi connectivity index (χ1v) is 7.10. The highest BCUT2D eigenvalue weighted by atomic mass is 32.1. The molecule has 0 aromatic rings. The monoisotopic (exact) mass is 256 g/mol. The van der Waals surface area contributed by atoms with E-state index in [2.05, 4.69) is 0 Å². The quantitative estimate of drug-likeness (QED) is 0.743. The van der Waals surface area contributed by atoms with E-state index in [0.29, 0.717) is 24.5 Å². The third-order valence-corrected chi connectivity index (χ3v) is 3.70. The number of carbonyl (C=O) groups is 1. The maximum absolute atomic E-state index is 12.0. The molecule has 1 aliphatic rings. The highest BCUT2D eigenvalue weighted by Gasteiger charge is 2.17. The molecule has 98 valence electrons. The molecule has 1 fully saturated rings. The van der Waals surface area contributed by atoms with Gasteiger partial charge in [0.2, 0.25) is 5.91 Å². The maximum atomic E-state index is 12.0. The van der Waals surface area contributed by atoms with E-state index >= 15 is 0 Å². The van der Waals surface area contributed by atoms with Gasteiger partial charge in [-0.05, 0) is 19.3 Å². The fourth-order valence-electron chi connectivity index (χ4n) is 2.53. The Morgan fingerprint density at radius 3 is 2.53 bits per heavy atom. The molecule has 0 saturated heterocycles. The average molecular weight is 256 g/mol. The Hall–Kier alpha value is -0.640. The van der Waals surface area contributed by atoms with Gasteiger partial charge in [0.15, 0.2) is 0 Å². The van der Waals surface area contributed by atoms with Gasteiger partial charge in [0.1, 0.15) is 0 Å². The van der Waals surface area contributed by atoms with E-state index in [1.165, 1.54) is 32.1 Å². The van der Waals surface area contributed by atoms with Crippen LogP contribution >= 0.6 is 12.2 Å². The maximum Gasteiger partial charge on any atom is 0.222 e. The van der Waals surface area contributed by atoms with E-state index in [1.807, 2.05) is 6.92 Å². The van der Waals surface area contributed by atoms with Crippen LogP contribution in [0.4, 0.5) is 0 Å². The minimum atomic E-state index is 0.200. The molecule has 2 N–H and O–H groups in total. The predicted octanol–water partition coefficient (Wildman–Crippen LogP) is 2.48. The van der Waals surface area contributed by atoms with Crippen LogP contribution < -0.4 is 5.73 Å². The molecular weight excluding hydrogens is 232 g/mol. The van der Waals surface area contributed by atoms with Gasteiger partial charge in [0.25, 0.3) is 0 Å².